The molecule has 5 nitrogen and oxygen atoms in total. The third kappa shape index (κ3) is 3.35. The highest BCUT2D eigenvalue weighted by Gasteiger charge is 2.27. The molecule has 0 N–H and O–H groups in total. The Balaban J connectivity index is 1.28. The number of nitrogens with zero attached hydrogens (tertiary/aromatic N) is 4. The number of hydrogen-bond donors (Lipinski definition) is 0. The largest absolute Gasteiger partial charge is 0.339 e. The van der Waals surface area contributed by atoms with Crippen LogP contribution in [0.1, 0.15) is 59.1 Å². The maximum Gasteiger partial charge on any atom is 0.255 e. The summed E-state index contributed by atoms with van der Waals surface area (Å²) in [6.45, 7) is 1.27. The molecule has 3 aromatic rings. The molecule has 1 amide bonds. The maximum atomic E-state index is 13.3. The zero-order valence-corrected chi connectivity index (χ0v) is 15.5. The van der Waals surface area contributed by atoms with Gasteiger partial charge < -0.3 is 4.90 Å². The minimum absolute atomic E-state index is 0.161. The number of amides is 1. The molecule has 0 unspecified atom stereocenters. The number of carbonyl (C=O) groups excluding carboxylic acids is 1. The molecular weight excluding hydrogens is 355 g/mol. The molecule has 1 saturated heterocycles. The molecule has 6 heteroatoms. The van der Waals surface area contributed by atoms with E-state index in [4.69, 9.17) is 4.98 Å². The summed E-state index contributed by atoms with van der Waals surface area (Å²) >= 11 is 0. The summed E-state index contributed by atoms with van der Waals surface area (Å²) < 4.78 is 13.3. The van der Waals surface area contributed by atoms with Crippen LogP contribution in [0.25, 0.3) is 11.0 Å². The van der Waals surface area contributed by atoms with Crippen LogP contribution in [0.15, 0.2) is 42.9 Å². The second-order valence-electron chi connectivity index (χ2n) is 7.78. The van der Waals surface area contributed by atoms with Crippen LogP contribution in [-0.4, -0.2) is 38.8 Å². The topological polar surface area (TPSA) is 59.0 Å². The van der Waals surface area contributed by atoms with Crippen molar-refractivity contribution in [1.82, 2.24) is 19.9 Å². The lowest BCUT2D eigenvalue weighted by Gasteiger charge is -2.31. The van der Waals surface area contributed by atoms with Gasteiger partial charge in [-0.1, -0.05) is 0 Å². The third-order valence-corrected chi connectivity index (χ3v) is 5.79. The monoisotopic (exact) mass is 376 g/mol. The first-order chi connectivity index (χ1) is 13.7. The van der Waals surface area contributed by atoms with Gasteiger partial charge in [0.25, 0.3) is 5.91 Å². The minimum atomic E-state index is -0.488. The van der Waals surface area contributed by atoms with Crippen LogP contribution < -0.4 is 0 Å². The molecular formula is C22H21FN4O. The van der Waals surface area contributed by atoms with E-state index in [9.17, 15) is 9.18 Å². The van der Waals surface area contributed by atoms with Gasteiger partial charge in [0.15, 0.2) is 5.65 Å². The molecule has 0 aromatic carbocycles. The Bertz CT molecular complexity index is 1040. The fourth-order valence-electron chi connectivity index (χ4n) is 4.00. The van der Waals surface area contributed by atoms with Gasteiger partial charge in [-0.15, -0.1) is 0 Å². The predicted octanol–water partition coefficient (Wildman–Crippen LogP) is 4.06. The highest BCUT2D eigenvalue weighted by Crippen LogP contribution is 2.40. The first kappa shape index (κ1) is 17.2. The molecule has 5 rings (SSSR count). The van der Waals surface area contributed by atoms with E-state index in [0.29, 0.717) is 30.5 Å². The van der Waals surface area contributed by atoms with Crippen molar-refractivity contribution in [2.45, 2.75) is 37.5 Å². The van der Waals surface area contributed by atoms with E-state index in [1.807, 2.05) is 6.20 Å². The molecule has 1 saturated carbocycles. The summed E-state index contributed by atoms with van der Waals surface area (Å²) in [5.41, 5.74) is 3.46. The van der Waals surface area contributed by atoms with Crippen molar-refractivity contribution in [2.24, 2.45) is 0 Å². The van der Waals surface area contributed by atoms with Crippen LogP contribution in [-0.2, 0) is 0 Å². The standard InChI is InChI=1S/C22H21FN4O/c23-19-10-18(11-24-13-19)22(28)27-7-5-15(6-8-27)20-4-3-16-9-17(14-1-2-14)12-25-21(16)26-20/h3-4,9-15H,1-2,5-8H2. The molecule has 142 valence electrons. The Kier molecular flexibility index (Phi) is 4.26. The number of carbonyl (C=O) groups is 1. The normalized spacial score (nSPS) is 17.8. The third-order valence-electron chi connectivity index (χ3n) is 5.79. The van der Waals surface area contributed by atoms with Crippen LogP contribution in [0.5, 0.6) is 0 Å². The van der Waals surface area contributed by atoms with Gasteiger partial charge in [-0.2, -0.15) is 0 Å². The molecule has 28 heavy (non-hydrogen) atoms. The predicted molar refractivity (Wildman–Crippen MR) is 104 cm³/mol. The number of piperidine rings is 1. The molecule has 1 aliphatic heterocycles. The Labute approximate surface area is 162 Å². The number of rotatable bonds is 3. The zero-order chi connectivity index (χ0) is 19.1. The highest BCUT2D eigenvalue weighted by molar-refractivity contribution is 5.94. The Hall–Kier alpha value is -2.89. The average molecular weight is 376 g/mol. The van der Waals surface area contributed by atoms with E-state index in [-0.39, 0.29) is 5.91 Å². The molecule has 0 bridgehead atoms. The van der Waals surface area contributed by atoms with E-state index in [0.717, 1.165) is 35.8 Å². The summed E-state index contributed by atoms with van der Waals surface area (Å²) in [6, 6.07) is 7.67. The zero-order valence-electron chi connectivity index (χ0n) is 15.5. The van der Waals surface area contributed by atoms with Gasteiger partial charge in [-0.05, 0) is 61.4 Å². The van der Waals surface area contributed by atoms with Crippen LogP contribution in [0.2, 0.25) is 0 Å². The molecule has 3 aromatic heterocycles. The fourth-order valence-corrected chi connectivity index (χ4v) is 4.00. The van der Waals surface area contributed by atoms with Gasteiger partial charge in [0.2, 0.25) is 0 Å². The Morgan fingerprint density at radius 3 is 2.57 bits per heavy atom. The van der Waals surface area contributed by atoms with Crippen molar-refractivity contribution in [2.75, 3.05) is 13.1 Å². The lowest BCUT2D eigenvalue weighted by molar-refractivity contribution is 0.0711. The summed E-state index contributed by atoms with van der Waals surface area (Å²) in [6.07, 6.45) is 8.70. The van der Waals surface area contributed by atoms with E-state index in [1.54, 1.807) is 4.90 Å². The number of fused-ring (bicyclic) bond motifs is 1. The quantitative estimate of drug-likeness (QED) is 0.692. The van der Waals surface area contributed by atoms with Crippen molar-refractivity contribution >= 4 is 16.9 Å². The average Bonchev–Trinajstić information content (AvgIpc) is 3.58. The number of aromatic nitrogens is 3. The Morgan fingerprint density at radius 1 is 1.00 bits per heavy atom. The van der Waals surface area contributed by atoms with E-state index >= 15 is 0 Å². The fraction of sp³-hybridized carbons (Fsp3) is 0.364. The molecule has 0 radical (unpaired) electrons. The molecule has 4 heterocycles. The van der Waals surface area contributed by atoms with Gasteiger partial charge in [-0.25, -0.2) is 14.4 Å². The second-order valence-corrected chi connectivity index (χ2v) is 7.78. The lowest BCUT2D eigenvalue weighted by atomic mass is 9.92. The molecule has 1 aliphatic carbocycles. The highest BCUT2D eigenvalue weighted by atomic mass is 19.1. The first-order valence-corrected chi connectivity index (χ1v) is 9.84. The second kappa shape index (κ2) is 6.93. The van der Waals surface area contributed by atoms with E-state index in [1.165, 1.54) is 30.7 Å². The van der Waals surface area contributed by atoms with Gasteiger partial charge in [0.05, 0.1) is 11.8 Å². The maximum absolute atomic E-state index is 13.3. The molecule has 0 atom stereocenters. The molecule has 0 spiro atoms. The minimum Gasteiger partial charge on any atom is -0.339 e. The van der Waals surface area contributed by atoms with Crippen molar-refractivity contribution in [1.29, 1.82) is 0 Å². The van der Waals surface area contributed by atoms with Gasteiger partial charge in [0, 0.05) is 42.5 Å². The number of hydrogen-bond acceptors (Lipinski definition) is 4. The van der Waals surface area contributed by atoms with Crippen molar-refractivity contribution < 1.29 is 9.18 Å². The first-order valence-electron chi connectivity index (χ1n) is 9.84. The summed E-state index contributed by atoms with van der Waals surface area (Å²) in [5.74, 6) is 0.348. The summed E-state index contributed by atoms with van der Waals surface area (Å²) in [7, 11) is 0. The summed E-state index contributed by atoms with van der Waals surface area (Å²) in [5, 5.41) is 1.10. The SMILES string of the molecule is O=C(c1cncc(F)c1)N1CCC(c2ccc3cc(C4CC4)cnc3n2)CC1. The van der Waals surface area contributed by atoms with Crippen molar-refractivity contribution in [3.8, 4) is 0 Å². The molecule has 2 aliphatic rings. The van der Waals surface area contributed by atoms with Gasteiger partial charge in [-0.3, -0.25) is 9.78 Å². The van der Waals surface area contributed by atoms with Crippen LogP contribution >= 0.6 is 0 Å². The van der Waals surface area contributed by atoms with Crippen LogP contribution in [0.3, 0.4) is 0 Å². The van der Waals surface area contributed by atoms with E-state index in [2.05, 4.69) is 28.2 Å². The lowest BCUT2D eigenvalue weighted by Crippen LogP contribution is -2.38. The molecule has 2 fully saturated rings. The Morgan fingerprint density at radius 2 is 1.82 bits per heavy atom. The van der Waals surface area contributed by atoms with Gasteiger partial charge in [0.1, 0.15) is 5.82 Å². The number of likely N-dealkylation sites (tertiary alicyclic amines) is 1. The summed E-state index contributed by atoms with van der Waals surface area (Å²) in [4.78, 5) is 27.5. The van der Waals surface area contributed by atoms with E-state index < -0.39 is 5.82 Å². The number of halogens is 1. The van der Waals surface area contributed by atoms with Crippen molar-refractivity contribution in [3.63, 3.8) is 0 Å². The smallest absolute Gasteiger partial charge is 0.255 e. The van der Waals surface area contributed by atoms with Crippen LogP contribution in [0, 0.1) is 5.82 Å². The van der Waals surface area contributed by atoms with Crippen LogP contribution in [0.4, 0.5) is 4.39 Å². The van der Waals surface area contributed by atoms with Gasteiger partial charge >= 0.3 is 0 Å². The van der Waals surface area contributed by atoms with Crippen molar-refractivity contribution in [3.05, 3.63) is 65.5 Å². The number of pyridine rings is 3.